The maximum Gasteiger partial charge on any atom is 0.352 e. The van der Waals surface area contributed by atoms with Crippen LogP contribution in [0.3, 0.4) is 0 Å². The predicted molar refractivity (Wildman–Crippen MR) is 149 cm³/mol. The molecule has 4 aromatic rings. The lowest BCUT2D eigenvalue weighted by molar-refractivity contribution is 0.513. The molecule has 5 rings (SSSR count). The Morgan fingerprint density at radius 2 is 0.889 bits per heavy atom. The first-order valence-electron chi connectivity index (χ1n) is 12.6. The molecule has 186 valence electrons. The first-order chi connectivity index (χ1) is 17.0. The maximum atomic E-state index is 14.3. The van der Waals surface area contributed by atoms with Crippen molar-refractivity contribution >= 4 is 8.07 Å². The summed E-state index contributed by atoms with van der Waals surface area (Å²) in [6, 6.07) is 29.9. The van der Waals surface area contributed by atoms with E-state index in [4.69, 9.17) is 0 Å². The summed E-state index contributed by atoms with van der Waals surface area (Å²) in [5, 5.41) is -0.288. The van der Waals surface area contributed by atoms with Crippen LogP contribution in [-0.4, -0.2) is 22.0 Å². The van der Waals surface area contributed by atoms with Gasteiger partial charge in [-0.3, -0.25) is 0 Å². The van der Waals surface area contributed by atoms with Gasteiger partial charge in [0.2, 0.25) is 0 Å². The van der Waals surface area contributed by atoms with Crippen LogP contribution in [0.5, 0.6) is 0 Å². The Bertz CT molecular complexity index is 1390. The van der Waals surface area contributed by atoms with Crippen LogP contribution in [-0.2, 0) is 0 Å². The summed E-state index contributed by atoms with van der Waals surface area (Å²) in [5.41, 5.74) is 1.80. The van der Waals surface area contributed by atoms with Crippen molar-refractivity contribution in [3.63, 3.8) is 0 Å². The van der Waals surface area contributed by atoms with Crippen LogP contribution in [0.4, 0.5) is 0 Å². The molecule has 0 saturated heterocycles. The van der Waals surface area contributed by atoms with Crippen molar-refractivity contribution in [2.24, 2.45) is 0 Å². The molecule has 1 aromatic heterocycles. The van der Waals surface area contributed by atoms with E-state index in [2.05, 4.69) is 65.8 Å². The Balaban J connectivity index is 1.99. The van der Waals surface area contributed by atoms with E-state index in [1.807, 2.05) is 76.1 Å². The third kappa shape index (κ3) is 3.27. The minimum Gasteiger partial charge on any atom is -0.245 e. The Morgan fingerprint density at radius 3 is 1.22 bits per heavy atom. The molecule has 0 saturated carbocycles. The topological polar surface area (TPSA) is 48.9 Å². The van der Waals surface area contributed by atoms with E-state index in [1.165, 1.54) is 4.57 Å². The summed E-state index contributed by atoms with van der Waals surface area (Å²) in [6.45, 7) is 13.9. The number of nitrogens with zero attached hydrogens (tertiary/aromatic N) is 3. The van der Waals surface area contributed by atoms with Gasteiger partial charge in [0.15, 0.2) is 0 Å². The summed E-state index contributed by atoms with van der Waals surface area (Å²) in [7, 11) is -2.70. The van der Waals surface area contributed by atoms with Crippen molar-refractivity contribution in [2.75, 3.05) is 0 Å². The van der Waals surface area contributed by atoms with E-state index in [-0.39, 0.29) is 32.8 Å². The van der Waals surface area contributed by atoms with E-state index in [0.29, 0.717) is 5.69 Å². The Hall–Kier alpha value is -3.38. The van der Waals surface area contributed by atoms with Crippen LogP contribution in [0.2, 0.25) is 10.1 Å². The van der Waals surface area contributed by atoms with Gasteiger partial charge in [-0.1, -0.05) is 120 Å². The fraction of sp³-hybridized carbons (Fsp3) is 0.333. The number of para-hydroxylation sites is 1. The molecule has 0 aliphatic carbocycles. The molecule has 0 spiro atoms. The third-order valence-corrected chi connectivity index (χ3v) is 15.9. The summed E-state index contributed by atoms with van der Waals surface area (Å²) in [6.07, 6.45) is 0. The molecule has 2 heterocycles. The van der Waals surface area contributed by atoms with Gasteiger partial charge in [0, 0.05) is 0 Å². The van der Waals surface area contributed by atoms with E-state index in [1.54, 1.807) is 0 Å². The summed E-state index contributed by atoms with van der Waals surface area (Å²) >= 11 is 0. The van der Waals surface area contributed by atoms with Gasteiger partial charge >= 0.3 is 11.4 Å². The lowest BCUT2D eigenvalue weighted by atomic mass is 10.2. The number of aromatic nitrogens is 3. The first kappa shape index (κ1) is 24.3. The van der Waals surface area contributed by atoms with Gasteiger partial charge in [0.05, 0.1) is 17.0 Å². The first-order valence-corrected chi connectivity index (χ1v) is 14.8. The molecule has 0 N–H and O–H groups in total. The van der Waals surface area contributed by atoms with Crippen molar-refractivity contribution in [2.45, 2.75) is 62.9 Å². The average Bonchev–Trinajstić information content (AvgIpc) is 3.31. The second kappa shape index (κ2) is 8.34. The Labute approximate surface area is 213 Å². The van der Waals surface area contributed by atoms with Crippen molar-refractivity contribution in [3.05, 3.63) is 123 Å². The lowest BCUT2D eigenvalue weighted by Gasteiger charge is -2.55. The summed E-state index contributed by atoms with van der Waals surface area (Å²) in [5.74, 6) is 0. The fourth-order valence-electron chi connectivity index (χ4n) is 7.12. The minimum atomic E-state index is -2.70. The molecule has 36 heavy (non-hydrogen) atoms. The second-order valence-electron chi connectivity index (χ2n) is 11.9. The predicted octanol–water partition coefficient (Wildman–Crippen LogP) is 6.12. The van der Waals surface area contributed by atoms with Crippen LogP contribution in [0.25, 0.3) is 5.69 Å². The van der Waals surface area contributed by atoms with Gasteiger partial charge in [-0.15, -0.1) is 0 Å². The highest BCUT2D eigenvalue weighted by Crippen LogP contribution is 2.65. The number of benzene rings is 3. The quantitative estimate of drug-likeness (QED) is 0.320. The molecule has 0 bridgehead atoms. The molecular weight excluding hydrogens is 462 g/mol. The largest absolute Gasteiger partial charge is 0.352 e. The second-order valence-corrected chi connectivity index (χ2v) is 17.8. The van der Waals surface area contributed by atoms with Crippen molar-refractivity contribution < 1.29 is 0 Å². The van der Waals surface area contributed by atoms with Crippen LogP contribution in [0.15, 0.2) is 101 Å². The zero-order valence-electron chi connectivity index (χ0n) is 22.0. The highest BCUT2D eigenvalue weighted by Gasteiger charge is 2.69. The zero-order valence-corrected chi connectivity index (χ0v) is 23.0. The van der Waals surface area contributed by atoms with Gasteiger partial charge < -0.3 is 0 Å². The monoisotopic (exact) mass is 497 g/mol. The fourth-order valence-corrected chi connectivity index (χ4v) is 15.6. The molecule has 1 aliphatic heterocycles. The van der Waals surface area contributed by atoms with Crippen LogP contribution < -0.4 is 11.4 Å². The van der Waals surface area contributed by atoms with Gasteiger partial charge in [-0.2, -0.15) is 0 Å². The van der Waals surface area contributed by atoms with Gasteiger partial charge in [0.1, 0.15) is 8.07 Å². The summed E-state index contributed by atoms with van der Waals surface area (Å²) < 4.78 is 4.96. The smallest absolute Gasteiger partial charge is 0.245 e. The number of fused-ring (bicyclic) bond motifs is 1. The van der Waals surface area contributed by atoms with Crippen molar-refractivity contribution in [1.82, 2.24) is 13.9 Å². The molecule has 2 atom stereocenters. The standard InChI is InChI=1S/C30H35N3O2Si/c1-29(2,3)36(30(4,5)6)25(22-16-10-7-11-17-22)32-27(34)31(24-20-14-9-15-21-24)28(35)33(32)26(36)23-18-12-8-13-19-23/h7-21,25-26H,1-6H3. The Kier molecular flexibility index (Phi) is 5.63. The molecule has 0 amide bonds. The highest BCUT2D eigenvalue weighted by molar-refractivity contribution is 6.87. The van der Waals surface area contributed by atoms with E-state index < -0.39 is 8.07 Å². The number of hydrogen-bond donors (Lipinski definition) is 0. The molecule has 0 fully saturated rings. The number of rotatable bonds is 3. The molecule has 0 radical (unpaired) electrons. The Morgan fingerprint density at radius 1 is 0.556 bits per heavy atom. The van der Waals surface area contributed by atoms with Crippen LogP contribution >= 0.6 is 0 Å². The van der Waals surface area contributed by atoms with Crippen molar-refractivity contribution in [3.8, 4) is 5.69 Å². The molecule has 1 aliphatic rings. The minimum absolute atomic E-state index is 0.144. The van der Waals surface area contributed by atoms with E-state index in [9.17, 15) is 9.59 Å². The molecular formula is C30H35N3O2Si. The van der Waals surface area contributed by atoms with Crippen LogP contribution in [0, 0.1) is 0 Å². The van der Waals surface area contributed by atoms with Crippen molar-refractivity contribution in [1.29, 1.82) is 0 Å². The summed E-state index contributed by atoms with van der Waals surface area (Å²) in [4.78, 5) is 28.6. The van der Waals surface area contributed by atoms with Gasteiger partial charge in [-0.25, -0.2) is 23.5 Å². The zero-order chi connectivity index (χ0) is 25.9. The van der Waals surface area contributed by atoms with E-state index >= 15 is 0 Å². The van der Waals surface area contributed by atoms with E-state index in [0.717, 1.165) is 11.1 Å². The van der Waals surface area contributed by atoms with Gasteiger partial charge in [0.25, 0.3) is 0 Å². The molecule has 3 aromatic carbocycles. The van der Waals surface area contributed by atoms with Crippen LogP contribution in [0.1, 0.15) is 64.0 Å². The maximum absolute atomic E-state index is 14.3. The highest BCUT2D eigenvalue weighted by atomic mass is 28.3. The van der Waals surface area contributed by atoms with Gasteiger partial charge in [-0.05, 0) is 33.3 Å². The average molecular weight is 498 g/mol. The number of hydrogen-bond acceptors (Lipinski definition) is 2. The molecule has 2 unspecified atom stereocenters. The lowest BCUT2D eigenvalue weighted by Crippen LogP contribution is -2.61. The molecule has 5 nitrogen and oxygen atoms in total. The normalized spacial score (nSPS) is 19.3. The molecule has 6 heteroatoms. The third-order valence-electron chi connectivity index (χ3n) is 8.09. The SMILES string of the molecule is CC(C)(C)[Si]1(C(C)(C)C)C(c2ccccc2)n2c(=O)n(-c3ccccc3)c(=O)n2C1c1ccccc1.